The topological polar surface area (TPSA) is 29.3 Å². The van der Waals surface area contributed by atoms with Gasteiger partial charge >= 0.3 is 0 Å². The van der Waals surface area contributed by atoms with Crippen LogP contribution in [0.4, 0.5) is 5.69 Å². The van der Waals surface area contributed by atoms with Crippen LogP contribution in [-0.2, 0) is 6.42 Å². The first-order valence-electron chi connectivity index (χ1n) is 6.88. The van der Waals surface area contributed by atoms with E-state index in [1.54, 1.807) is 0 Å². The van der Waals surface area contributed by atoms with Crippen LogP contribution in [0.15, 0.2) is 18.2 Å². The minimum absolute atomic E-state index is 0.588. The van der Waals surface area contributed by atoms with Crippen molar-refractivity contribution in [2.45, 2.75) is 39.0 Å². The number of anilines is 1. The summed E-state index contributed by atoms with van der Waals surface area (Å²) in [7, 11) is 0. The number of hydrogen-bond donors (Lipinski definition) is 1. The maximum Gasteiger partial charge on any atom is 0.0368 e. The minimum atomic E-state index is 0.588. The highest BCUT2D eigenvalue weighted by molar-refractivity contribution is 5.52. The van der Waals surface area contributed by atoms with Crippen molar-refractivity contribution in [2.75, 3.05) is 24.5 Å². The summed E-state index contributed by atoms with van der Waals surface area (Å²) in [4.78, 5) is 2.41. The van der Waals surface area contributed by atoms with Gasteiger partial charge in [-0.25, -0.2) is 0 Å². The van der Waals surface area contributed by atoms with E-state index in [-0.39, 0.29) is 0 Å². The lowest BCUT2D eigenvalue weighted by atomic mass is 9.82. The van der Waals surface area contributed by atoms with Crippen molar-refractivity contribution in [1.29, 1.82) is 0 Å². The quantitative estimate of drug-likeness (QED) is 0.865. The first-order chi connectivity index (χ1) is 8.30. The fourth-order valence-electron chi connectivity index (χ4n) is 2.93. The lowest BCUT2D eigenvalue weighted by molar-refractivity contribution is 0.560. The fraction of sp³-hybridized carbons (Fsp3) is 0.600. The average Bonchev–Trinajstić information content (AvgIpc) is 2.39. The Morgan fingerprint density at radius 1 is 1.29 bits per heavy atom. The highest BCUT2D eigenvalue weighted by atomic mass is 15.1. The van der Waals surface area contributed by atoms with Crippen molar-refractivity contribution in [3.63, 3.8) is 0 Å². The predicted octanol–water partition coefficient (Wildman–Crippen LogP) is 2.91. The normalized spacial score (nSPS) is 18.9. The summed E-state index contributed by atoms with van der Waals surface area (Å²) < 4.78 is 0. The molecule has 0 spiro atoms. The highest BCUT2D eigenvalue weighted by Crippen LogP contribution is 2.33. The Labute approximate surface area is 105 Å². The van der Waals surface area contributed by atoms with Crippen LogP contribution in [-0.4, -0.2) is 19.6 Å². The fourth-order valence-corrected chi connectivity index (χ4v) is 2.93. The Kier molecular flexibility index (Phi) is 4.06. The zero-order chi connectivity index (χ0) is 12.3. The molecule has 0 fully saturated rings. The Morgan fingerprint density at radius 2 is 2.06 bits per heavy atom. The van der Waals surface area contributed by atoms with Gasteiger partial charge in [-0.1, -0.05) is 6.07 Å². The number of hydrogen-bond acceptors (Lipinski definition) is 2. The standard InChI is InChI=1S/C15H24N2/c1-3-17(4-2)14-8-9-15-12(10-14)6-5-7-13(15)11-16/h8-10,13H,3-7,11,16H2,1-2H3. The summed E-state index contributed by atoms with van der Waals surface area (Å²) in [5, 5.41) is 0. The number of fused-ring (bicyclic) bond motifs is 1. The van der Waals surface area contributed by atoms with Crippen LogP contribution >= 0.6 is 0 Å². The molecule has 1 aliphatic carbocycles. The molecule has 0 aliphatic heterocycles. The molecule has 2 N–H and O–H groups in total. The van der Waals surface area contributed by atoms with E-state index >= 15 is 0 Å². The first-order valence-corrected chi connectivity index (χ1v) is 6.88. The lowest BCUT2D eigenvalue weighted by Gasteiger charge is -2.28. The van der Waals surface area contributed by atoms with Crippen LogP contribution < -0.4 is 10.6 Å². The van der Waals surface area contributed by atoms with Gasteiger partial charge in [0.15, 0.2) is 0 Å². The summed E-state index contributed by atoms with van der Waals surface area (Å²) >= 11 is 0. The Hall–Kier alpha value is -1.02. The van der Waals surface area contributed by atoms with E-state index in [2.05, 4.69) is 36.9 Å². The van der Waals surface area contributed by atoms with Gasteiger partial charge in [0.25, 0.3) is 0 Å². The molecule has 1 aromatic rings. The number of benzene rings is 1. The monoisotopic (exact) mass is 232 g/mol. The SMILES string of the molecule is CCN(CC)c1ccc2c(c1)CCCC2CN. The smallest absolute Gasteiger partial charge is 0.0368 e. The largest absolute Gasteiger partial charge is 0.372 e. The third-order valence-corrected chi connectivity index (χ3v) is 3.98. The molecular weight excluding hydrogens is 208 g/mol. The zero-order valence-corrected chi connectivity index (χ0v) is 11.1. The summed E-state index contributed by atoms with van der Waals surface area (Å²) in [6.45, 7) is 7.38. The summed E-state index contributed by atoms with van der Waals surface area (Å²) in [6.07, 6.45) is 3.77. The maximum atomic E-state index is 5.86. The summed E-state index contributed by atoms with van der Waals surface area (Å²) in [5.41, 5.74) is 10.2. The van der Waals surface area contributed by atoms with Gasteiger partial charge in [-0.3, -0.25) is 0 Å². The second kappa shape index (κ2) is 5.54. The molecule has 0 saturated heterocycles. The number of rotatable bonds is 4. The molecule has 1 unspecified atom stereocenters. The number of aryl methyl sites for hydroxylation is 1. The Bertz CT molecular complexity index is 369. The van der Waals surface area contributed by atoms with Crippen molar-refractivity contribution in [2.24, 2.45) is 5.73 Å². The molecule has 0 amide bonds. The van der Waals surface area contributed by atoms with E-state index in [0.29, 0.717) is 5.92 Å². The predicted molar refractivity (Wildman–Crippen MR) is 74.7 cm³/mol. The molecule has 2 nitrogen and oxygen atoms in total. The van der Waals surface area contributed by atoms with Gasteiger partial charge < -0.3 is 10.6 Å². The lowest BCUT2D eigenvalue weighted by Crippen LogP contribution is -2.23. The number of nitrogens with zero attached hydrogens (tertiary/aromatic N) is 1. The van der Waals surface area contributed by atoms with Gasteiger partial charge in [0, 0.05) is 18.8 Å². The highest BCUT2D eigenvalue weighted by Gasteiger charge is 2.19. The molecular formula is C15H24N2. The average molecular weight is 232 g/mol. The summed E-state index contributed by atoms with van der Waals surface area (Å²) in [6, 6.07) is 6.95. The molecule has 0 aromatic heterocycles. The molecule has 1 aliphatic rings. The van der Waals surface area contributed by atoms with E-state index < -0.39 is 0 Å². The molecule has 0 radical (unpaired) electrons. The molecule has 94 valence electrons. The van der Waals surface area contributed by atoms with E-state index in [4.69, 9.17) is 5.73 Å². The zero-order valence-electron chi connectivity index (χ0n) is 11.1. The molecule has 17 heavy (non-hydrogen) atoms. The molecule has 0 bridgehead atoms. The van der Waals surface area contributed by atoms with Crippen molar-refractivity contribution in [1.82, 2.24) is 0 Å². The Balaban J connectivity index is 2.30. The van der Waals surface area contributed by atoms with Crippen molar-refractivity contribution < 1.29 is 0 Å². The van der Waals surface area contributed by atoms with Crippen LogP contribution in [0, 0.1) is 0 Å². The van der Waals surface area contributed by atoms with Gasteiger partial charge in [0.05, 0.1) is 0 Å². The summed E-state index contributed by atoms with van der Waals surface area (Å²) in [5.74, 6) is 0.588. The molecule has 2 heteroatoms. The van der Waals surface area contributed by atoms with E-state index in [1.807, 2.05) is 0 Å². The van der Waals surface area contributed by atoms with Gasteiger partial charge in [0.2, 0.25) is 0 Å². The van der Waals surface area contributed by atoms with Crippen LogP contribution in [0.2, 0.25) is 0 Å². The molecule has 1 aromatic carbocycles. The molecule has 1 atom stereocenters. The van der Waals surface area contributed by atoms with Crippen molar-refractivity contribution in [3.8, 4) is 0 Å². The second-order valence-electron chi connectivity index (χ2n) is 4.88. The third-order valence-electron chi connectivity index (χ3n) is 3.98. The van der Waals surface area contributed by atoms with Crippen molar-refractivity contribution in [3.05, 3.63) is 29.3 Å². The Morgan fingerprint density at radius 3 is 2.71 bits per heavy atom. The van der Waals surface area contributed by atoms with Gasteiger partial charge in [-0.15, -0.1) is 0 Å². The van der Waals surface area contributed by atoms with Gasteiger partial charge in [-0.2, -0.15) is 0 Å². The molecule has 0 heterocycles. The van der Waals surface area contributed by atoms with E-state index in [1.165, 1.54) is 36.1 Å². The van der Waals surface area contributed by atoms with Crippen LogP contribution in [0.5, 0.6) is 0 Å². The number of nitrogens with two attached hydrogens (primary N) is 1. The van der Waals surface area contributed by atoms with Crippen LogP contribution in [0.1, 0.15) is 43.7 Å². The van der Waals surface area contributed by atoms with E-state index in [0.717, 1.165) is 19.6 Å². The third kappa shape index (κ3) is 2.47. The van der Waals surface area contributed by atoms with E-state index in [9.17, 15) is 0 Å². The second-order valence-corrected chi connectivity index (χ2v) is 4.88. The molecule has 0 saturated carbocycles. The van der Waals surface area contributed by atoms with Crippen LogP contribution in [0.3, 0.4) is 0 Å². The minimum Gasteiger partial charge on any atom is -0.372 e. The maximum absolute atomic E-state index is 5.86. The van der Waals surface area contributed by atoms with Crippen molar-refractivity contribution >= 4 is 5.69 Å². The molecule has 2 rings (SSSR count). The van der Waals surface area contributed by atoms with Gasteiger partial charge in [-0.05, 0) is 68.8 Å². The first kappa shape index (κ1) is 12.4. The van der Waals surface area contributed by atoms with Gasteiger partial charge in [0.1, 0.15) is 0 Å². The van der Waals surface area contributed by atoms with Crippen LogP contribution in [0.25, 0.3) is 0 Å².